The Morgan fingerprint density at radius 2 is 2.25 bits per heavy atom. The molecule has 4 nitrogen and oxygen atoms in total. The Morgan fingerprint density at radius 1 is 1.44 bits per heavy atom. The third kappa shape index (κ3) is 2.28. The summed E-state index contributed by atoms with van der Waals surface area (Å²) in [5, 5.41) is 12.9. The third-order valence-electron chi connectivity index (χ3n) is 2.75. The van der Waals surface area contributed by atoms with Crippen molar-refractivity contribution in [3.63, 3.8) is 0 Å². The molecule has 1 aliphatic rings. The van der Waals surface area contributed by atoms with Gasteiger partial charge in [-0.15, -0.1) is 0 Å². The van der Waals surface area contributed by atoms with Gasteiger partial charge < -0.3 is 19.9 Å². The number of aliphatic hydroxyl groups excluding tert-OH is 1. The number of ether oxygens (including phenoxy) is 2. The van der Waals surface area contributed by atoms with Crippen LogP contribution < -0.4 is 10.1 Å². The fourth-order valence-electron chi connectivity index (χ4n) is 1.82. The molecule has 0 aliphatic carbocycles. The predicted octanol–water partition coefficient (Wildman–Crippen LogP) is 1.18. The van der Waals surface area contributed by atoms with Gasteiger partial charge >= 0.3 is 0 Å². The first kappa shape index (κ1) is 11.2. The number of benzene rings is 1. The number of aliphatic hydroxyl groups is 1. The second-order valence-corrected chi connectivity index (χ2v) is 4.06. The molecular formula is C12H17NO3. The van der Waals surface area contributed by atoms with E-state index in [4.69, 9.17) is 9.47 Å². The van der Waals surface area contributed by atoms with E-state index < -0.39 is 6.10 Å². The summed E-state index contributed by atoms with van der Waals surface area (Å²) in [5.74, 6) is 0.782. The smallest absolute Gasteiger partial charge is 0.141 e. The average molecular weight is 223 g/mol. The van der Waals surface area contributed by atoms with Gasteiger partial charge in [0.2, 0.25) is 0 Å². The van der Waals surface area contributed by atoms with E-state index in [1.54, 1.807) is 7.11 Å². The van der Waals surface area contributed by atoms with Crippen molar-refractivity contribution in [2.75, 3.05) is 25.6 Å². The first-order valence-corrected chi connectivity index (χ1v) is 5.37. The Hall–Kier alpha value is -1.26. The molecule has 1 aromatic carbocycles. The topological polar surface area (TPSA) is 50.7 Å². The summed E-state index contributed by atoms with van der Waals surface area (Å²) in [7, 11) is 1.64. The Morgan fingerprint density at radius 3 is 2.88 bits per heavy atom. The van der Waals surface area contributed by atoms with Gasteiger partial charge in [-0.1, -0.05) is 6.07 Å². The summed E-state index contributed by atoms with van der Waals surface area (Å²) in [5.41, 5.74) is 2.05. The minimum absolute atomic E-state index is 0.0595. The molecule has 0 radical (unpaired) electrons. The number of anilines is 1. The molecular weight excluding hydrogens is 206 g/mol. The van der Waals surface area contributed by atoms with Crippen LogP contribution in [0, 0.1) is 6.92 Å². The first-order valence-electron chi connectivity index (χ1n) is 5.37. The van der Waals surface area contributed by atoms with E-state index in [2.05, 4.69) is 5.32 Å². The maximum absolute atomic E-state index is 9.65. The normalized spacial score (nSPS) is 24.4. The molecule has 0 aromatic heterocycles. The number of aryl methyl sites for hydroxylation is 1. The van der Waals surface area contributed by atoms with Crippen LogP contribution in [0.2, 0.25) is 0 Å². The number of hydrogen-bond donors (Lipinski definition) is 2. The van der Waals surface area contributed by atoms with E-state index in [0.717, 1.165) is 17.0 Å². The molecule has 16 heavy (non-hydrogen) atoms. The molecule has 0 amide bonds. The van der Waals surface area contributed by atoms with Gasteiger partial charge in [-0.05, 0) is 24.6 Å². The van der Waals surface area contributed by atoms with E-state index in [0.29, 0.717) is 13.2 Å². The maximum Gasteiger partial charge on any atom is 0.141 e. The van der Waals surface area contributed by atoms with Crippen LogP contribution >= 0.6 is 0 Å². The molecule has 0 bridgehead atoms. The van der Waals surface area contributed by atoms with Gasteiger partial charge in [0.15, 0.2) is 0 Å². The average Bonchev–Trinajstić information content (AvgIpc) is 2.65. The molecule has 1 aliphatic heterocycles. The SMILES string of the molecule is COc1ccc(C)cc1N[C@@H]1COC[C@H]1O. The second-order valence-electron chi connectivity index (χ2n) is 4.06. The standard InChI is InChI=1S/C12H17NO3/c1-8-3-4-12(15-2)9(5-8)13-10-6-16-7-11(10)14/h3-5,10-11,13-14H,6-7H2,1-2H3/t10-,11-/m1/s1. The lowest BCUT2D eigenvalue weighted by Gasteiger charge is -2.18. The Labute approximate surface area is 95.2 Å². The number of nitrogens with one attached hydrogen (secondary N) is 1. The van der Waals surface area contributed by atoms with Crippen LogP contribution in [0.5, 0.6) is 5.75 Å². The highest BCUT2D eigenvalue weighted by atomic mass is 16.5. The van der Waals surface area contributed by atoms with Gasteiger partial charge in [-0.25, -0.2) is 0 Å². The molecule has 0 unspecified atom stereocenters. The van der Waals surface area contributed by atoms with Crippen molar-refractivity contribution < 1.29 is 14.6 Å². The van der Waals surface area contributed by atoms with Crippen LogP contribution in [-0.2, 0) is 4.74 Å². The van der Waals surface area contributed by atoms with Crippen molar-refractivity contribution in [2.24, 2.45) is 0 Å². The summed E-state index contributed by atoms with van der Waals surface area (Å²) < 4.78 is 10.5. The fraction of sp³-hybridized carbons (Fsp3) is 0.500. The monoisotopic (exact) mass is 223 g/mol. The first-order chi connectivity index (χ1) is 7.70. The van der Waals surface area contributed by atoms with E-state index in [-0.39, 0.29) is 6.04 Å². The molecule has 0 saturated carbocycles. The van der Waals surface area contributed by atoms with Crippen molar-refractivity contribution >= 4 is 5.69 Å². The van der Waals surface area contributed by atoms with Gasteiger partial charge in [0.05, 0.1) is 38.2 Å². The van der Waals surface area contributed by atoms with Crippen molar-refractivity contribution in [1.29, 1.82) is 0 Å². The van der Waals surface area contributed by atoms with Crippen molar-refractivity contribution in [3.8, 4) is 5.75 Å². The molecule has 2 rings (SSSR count). The molecule has 88 valence electrons. The maximum atomic E-state index is 9.65. The van der Waals surface area contributed by atoms with Gasteiger partial charge in [0, 0.05) is 0 Å². The predicted molar refractivity (Wildman–Crippen MR) is 62.0 cm³/mol. The summed E-state index contributed by atoms with van der Waals surface area (Å²) in [6, 6.07) is 5.85. The zero-order chi connectivity index (χ0) is 11.5. The summed E-state index contributed by atoms with van der Waals surface area (Å²) in [6.45, 7) is 2.94. The third-order valence-corrected chi connectivity index (χ3v) is 2.75. The van der Waals surface area contributed by atoms with Gasteiger partial charge in [0.1, 0.15) is 5.75 Å². The van der Waals surface area contributed by atoms with Crippen LogP contribution in [0.25, 0.3) is 0 Å². The summed E-state index contributed by atoms with van der Waals surface area (Å²) >= 11 is 0. The quantitative estimate of drug-likeness (QED) is 0.807. The second kappa shape index (κ2) is 4.72. The van der Waals surface area contributed by atoms with Crippen LogP contribution in [0.3, 0.4) is 0 Å². The largest absolute Gasteiger partial charge is 0.495 e. The van der Waals surface area contributed by atoms with Crippen LogP contribution in [0.1, 0.15) is 5.56 Å². The molecule has 2 N–H and O–H groups in total. The Balaban J connectivity index is 2.16. The summed E-state index contributed by atoms with van der Waals surface area (Å²) in [6.07, 6.45) is -0.454. The van der Waals surface area contributed by atoms with E-state index in [1.165, 1.54) is 0 Å². The number of hydrogen-bond acceptors (Lipinski definition) is 4. The van der Waals surface area contributed by atoms with Gasteiger partial charge in [-0.2, -0.15) is 0 Å². The van der Waals surface area contributed by atoms with Crippen LogP contribution in [-0.4, -0.2) is 37.6 Å². The zero-order valence-corrected chi connectivity index (χ0v) is 9.56. The van der Waals surface area contributed by atoms with E-state index in [9.17, 15) is 5.11 Å². The zero-order valence-electron chi connectivity index (χ0n) is 9.56. The van der Waals surface area contributed by atoms with Crippen LogP contribution in [0.15, 0.2) is 18.2 Å². The highest BCUT2D eigenvalue weighted by molar-refractivity contribution is 5.58. The molecule has 0 spiro atoms. The highest BCUT2D eigenvalue weighted by Crippen LogP contribution is 2.27. The molecule has 2 atom stereocenters. The highest BCUT2D eigenvalue weighted by Gasteiger charge is 2.26. The lowest BCUT2D eigenvalue weighted by atomic mass is 10.1. The number of methoxy groups -OCH3 is 1. The fourth-order valence-corrected chi connectivity index (χ4v) is 1.82. The Bertz CT molecular complexity index is 367. The molecule has 4 heteroatoms. The lowest BCUT2D eigenvalue weighted by Crippen LogP contribution is -2.31. The van der Waals surface area contributed by atoms with Crippen LogP contribution in [0.4, 0.5) is 5.69 Å². The molecule has 1 fully saturated rings. The minimum atomic E-state index is -0.454. The van der Waals surface area contributed by atoms with E-state index >= 15 is 0 Å². The van der Waals surface area contributed by atoms with Gasteiger partial charge in [-0.3, -0.25) is 0 Å². The van der Waals surface area contributed by atoms with Crippen molar-refractivity contribution in [3.05, 3.63) is 23.8 Å². The minimum Gasteiger partial charge on any atom is -0.495 e. The van der Waals surface area contributed by atoms with Gasteiger partial charge in [0.25, 0.3) is 0 Å². The number of rotatable bonds is 3. The van der Waals surface area contributed by atoms with E-state index in [1.807, 2.05) is 25.1 Å². The Kier molecular flexibility index (Phi) is 3.31. The lowest BCUT2D eigenvalue weighted by molar-refractivity contribution is 0.125. The molecule has 1 aromatic rings. The van der Waals surface area contributed by atoms with Crippen molar-refractivity contribution in [2.45, 2.75) is 19.1 Å². The van der Waals surface area contributed by atoms with Crippen molar-refractivity contribution in [1.82, 2.24) is 0 Å². The molecule has 1 saturated heterocycles. The molecule has 1 heterocycles. The summed E-state index contributed by atoms with van der Waals surface area (Å²) in [4.78, 5) is 0.